The van der Waals surface area contributed by atoms with Crippen LogP contribution in [0.25, 0.3) is 0 Å². The minimum absolute atomic E-state index is 0.116. The highest BCUT2D eigenvalue weighted by atomic mass is 79.9. The number of nitrogens with zero attached hydrogens (tertiary/aromatic N) is 1. The van der Waals surface area contributed by atoms with Crippen molar-refractivity contribution in [1.29, 1.82) is 0 Å². The lowest BCUT2D eigenvalue weighted by molar-refractivity contribution is -0.139. The summed E-state index contributed by atoms with van der Waals surface area (Å²) in [5, 5.41) is 10.0. The standard InChI is InChI=1S/C14H11BrF3NOS/c15-9-2-1-3-10(6-9)21-8-13(20)11-7-19-5-4-12(11)14(16,17)18/h1-7,13,20H,8H2. The van der Waals surface area contributed by atoms with E-state index in [2.05, 4.69) is 20.9 Å². The van der Waals surface area contributed by atoms with E-state index in [0.717, 1.165) is 27.8 Å². The predicted molar refractivity (Wildman–Crippen MR) is 79.1 cm³/mol. The molecule has 0 radical (unpaired) electrons. The number of hydrogen-bond donors (Lipinski definition) is 1. The summed E-state index contributed by atoms with van der Waals surface area (Å²) < 4.78 is 39.5. The first-order chi connectivity index (χ1) is 9.88. The molecule has 0 amide bonds. The summed E-state index contributed by atoms with van der Waals surface area (Å²) in [7, 11) is 0. The van der Waals surface area contributed by atoms with Crippen LogP contribution in [0.1, 0.15) is 17.2 Å². The van der Waals surface area contributed by atoms with Crippen LogP contribution in [-0.4, -0.2) is 15.8 Å². The van der Waals surface area contributed by atoms with Crippen molar-refractivity contribution in [3.63, 3.8) is 0 Å². The lowest BCUT2D eigenvalue weighted by atomic mass is 10.1. The van der Waals surface area contributed by atoms with E-state index in [1.54, 1.807) is 0 Å². The Morgan fingerprint density at radius 2 is 2.05 bits per heavy atom. The van der Waals surface area contributed by atoms with Gasteiger partial charge in [0.25, 0.3) is 0 Å². The highest BCUT2D eigenvalue weighted by molar-refractivity contribution is 9.10. The lowest BCUT2D eigenvalue weighted by Crippen LogP contribution is -2.13. The van der Waals surface area contributed by atoms with Crippen LogP contribution in [0.4, 0.5) is 13.2 Å². The van der Waals surface area contributed by atoms with Gasteiger partial charge in [0.15, 0.2) is 0 Å². The normalized spacial score (nSPS) is 13.2. The second-order valence-electron chi connectivity index (χ2n) is 4.24. The van der Waals surface area contributed by atoms with Gasteiger partial charge in [-0.3, -0.25) is 4.98 Å². The molecule has 0 aliphatic carbocycles. The molecule has 2 aromatic rings. The number of hydrogen-bond acceptors (Lipinski definition) is 3. The second-order valence-corrected chi connectivity index (χ2v) is 6.25. The van der Waals surface area contributed by atoms with Crippen molar-refractivity contribution in [1.82, 2.24) is 4.98 Å². The molecule has 0 aliphatic rings. The molecule has 2 nitrogen and oxygen atoms in total. The summed E-state index contributed by atoms with van der Waals surface area (Å²) in [6, 6.07) is 8.22. The van der Waals surface area contributed by atoms with Crippen LogP contribution in [-0.2, 0) is 6.18 Å². The first-order valence-corrected chi connectivity index (χ1v) is 7.73. The maximum atomic E-state index is 12.9. The Labute approximate surface area is 132 Å². The van der Waals surface area contributed by atoms with E-state index in [1.807, 2.05) is 24.3 Å². The summed E-state index contributed by atoms with van der Waals surface area (Å²) in [4.78, 5) is 4.53. The van der Waals surface area contributed by atoms with E-state index in [9.17, 15) is 18.3 Å². The van der Waals surface area contributed by atoms with Crippen molar-refractivity contribution < 1.29 is 18.3 Å². The van der Waals surface area contributed by atoms with Crippen molar-refractivity contribution in [3.05, 3.63) is 58.3 Å². The Kier molecular flexibility index (Phi) is 5.29. The molecule has 0 fully saturated rings. The first kappa shape index (κ1) is 16.3. The number of benzene rings is 1. The van der Waals surface area contributed by atoms with Crippen molar-refractivity contribution in [2.24, 2.45) is 0 Å². The van der Waals surface area contributed by atoms with E-state index in [4.69, 9.17) is 0 Å². The first-order valence-electron chi connectivity index (χ1n) is 5.95. The topological polar surface area (TPSA) is 33.1 Å². The monoisotopic (exact) mass is 377 g/mol. The number of aliphatic hydroxyl groups is 1. The van der Waals surface area contributed by atoms with Gasteiger partial charge in [0.2, 0.25) is 0 Å². The molecule has 1 N–H and O–H groups in total. The van der Waals surface area contributed by atoms with Crippen LogP contribution in [0.3, 0.4) is 0 Å². The fraction of sp³-hybridized carbons (Fsp3) is 0.214. The molecular weight excluding hydrogens is 367 g/mol. The van der Waals surface area contributed by atoms with Gasteiger partial charge in [-0.15, -0.1) is 11.8 Å². The molecule has 0 spiro atoms. The Morgan fingerprint density at radius 3 is 2.71 bits per heavy atom. The maximum Gasteiger partial charge on any atom is 0.416 e. The van der Waals surface area contributed by atoms with Crippen molar-refractivity contribution >= 4 is 27.7 Å². The van der Waals surface area contributed by atoms with Gasteiger partial charge in [0, 0.05) is 33.1 Å². The molecule has 7 heteroatoms. The molecule has 0 bridgehead atoms. The van der Waals surface area contributed by atoms with Crippen LogP contribution < -0.4 is 0 Å². The van der Waals surface area contributed by atoms with Gasteiger partial charge in [0.05, 0.1) is 11.7 Å². The molecule has 1 aromatic carbocycles. The third kappa shape index (κ3) is 4.46. The van der Waals surface area contributed by atoms with Crippen LogP contribution >= 0.6 is 27.7 Å². The zero-order chi connectivity index (χ0) is 15.5. The SMILES string of the molecule is OC(CSc1cccc(Br)c1)c1cnccc1C(F)(F)F. The Balaban J connectivity index is 2.12. The van der Waals surface area contributed by atoms with Crippen molar-refractivity contribution in [2.75, 3.05) is 5.75 Å². The Hall–Kier alpha value is -1.05. The molecule has 0 saturated carbocycles. The maximum absolute atomic E-state index is 12.9. The average molecular weight is 378 g/mol. The molecule has 21 heavy (non-hydrogen) atoms. The van der Waals surface area contributed by atoms with E-state index in [-0.39, 0.29) is 11.3 Å². The molecule has 2 rings (SSSR count). The van der Waals surface area contributed by atoms with Gasteiger partial charge in [-0.25, -0.2) is 0 Å². The fourth-order valence-electron chi connectivity index (χ4n) is 1.75. The van der Waals surface area contributed by atoms with Gasteiger partial charge in [0.1, 0.15) is 0 Å². The highest BCUT2D eigenvalue weighted by Gasteiger charge is 2.34. The van der Waals surface area contributed by atoms with Crippen LogP contribution in [0.2, 0.25) is 0 Å². The largest absolute Gasteiger partial charge is 0.416 e. The predicted octanol–water partition coefficient (Wildman–Crippen LogP) is 4.69. The van der Waals surface area contributed by atoms with E-state index in [0.29, 0.717) is 0 Å². The number of aliphatic hydroxyl groups excluding tert-OH is 1. The molecule has 0 aliphatic heterocycles. The van der Waals surface area contributed by atoms with E-state index < -0.39 is 17.8 Å². The molecule has 1 aromatic heterocycles. The smallest absolute Gasteiger partial charge is 0.387 e. The number of thioether (sulfide) groups is 1. The highest BCUT2D eigenvalue weighted by Crippen LogP contribution is 2.35. The summed E-state index contributed by atoms with van der Waals surface area (Å²) in [6.45, 7) is 0. The summed E-state index contributed by atoms with van der Waals surface area (Å²) in [6.07, 6.45) is -3.60. The summed E-state index contributed by atoms with van der Waals surface area (Å²) in [5.41, 5.74) is -1.05. The van der Waals surface area contributed by atoms with Gasteiger partial charge in [-0.2, -0.15) is 13.2 Å². The zero-order valence-electron chi connectivity index (χ0n) is 10.6. The summed E-state index contributed by atoms with van der Waals surface area (Å²) in [5.74, 6) is 0.116. The van der Waals surface area contributed by atoms with Gasteiger partial charge in [-0.1, -0.05) is 22.0 Å². The van der Waals surface area contributed by atoms with Crippen LogP contribution in [0.5, 0.6) is 0 Å². The van der Waals surface area contributed by atoms with Crippen molar-refractivity contribution in [3.8, 4) is 0 Å². The Morgan fingerprint density at radius 1 is 1.29 bits per heavy atom. The fourth-order valence-corrected chi connectivity index (χ4v) is 3.22. The molecule has 0 saturated heterocycles. The third-order valence-electron chi connectivity index (χ3n) is 2.72. The number of halogens is 4. The van der Waals surface area contributed by atoms with Gasteiger partial charge >= 0.3 is 6.18 Å². The minimum atomic E-state index is -4.50. The van der Waals surface area contributed by atoms with Crippen LogP contribution in [0.15, 0.2) is 52.1 Å². The molecule has 112 valence electrons. The van der Waals surface area contributed by atoms with Crippen LogP contribution in [0, 0.1) is 0 Å². The molecule has 1 heterocycles. The molecule has 1 atom stereocenters. The number of rotatable bonds is 4. The van der Waals surface area contributed by atoms with E-state index in [1.165, 1.54) is 11.8 Å². The molecule has 1 unspecified atom stereocenters. The summed E-state index contributed by atoms with van der Waals surface area (Å²) >= 11 is 4.60. The number of alkyl halides is 3. The molecular formula is C14H11BrF3NOS. The Bertz CT molecular complexity index is 621. The second kappa shape index (κ2) is 6.81. The minimum Gasteiger partial charge on any atom is -0.387 e. The zero-order valence-corrected chi connectivity index (χ0v) is 13.0. The van der Waals surface area contributed by atoms with E-state index >= 15 is 0 Å². The lowest BCUT2D eigenvalue weighted by Gasteiger charge is -2.16. The number of pyridine rings is 1. The third-order valence-corrected chi connectivity index (χ3v) is 4.28. The van der Waals surface area contributed by atoms with Gasteiger partial charge in [-0.05, 0) is 24.3 Å². The van der Waals surface area contributed by atoms with Crippen molar-refractivity contribution in [2.45, 2.75) is 17.2 Å². The average Bonchev–Trinajstić information content (AvgIpc) is 2.44. The van der Waals surface area contributed by atoms with Gasteiger partial charge < -0.3 is 5.11 Å². The number of aromatic nitrogens is 1. The quantitative estimate of drug-likeness (QED) is 0.784.